The Labute approximate surface area is 132 Å². The number of rotatable bonds is 5. The monoisotopic (exact) mass is 326 g/mol. The number of hydrogen-bond acceptors (Lipinski definition) is 3. The Bertz CT molecular complexity index is 371. The predicted molar refractivity (Wildman–Crippen MR) is 84.3 cm³/mol. The molecular weight excluding hydrogens is 307 g/mol. The molecule has 2 rings (SSSR count). The molecule has 0 unspecified atom stereocenters. The van der Waals surface area contributed by atoms with Crippen LogP contribution in [0, 0.1) is 0 Å². The lowest BCUT2D eigenvalue weighted by atomic mass is 10.2. The second-order valence-electron chi connectivity index (χ2n) is 4.48. The van der Waals surface area contributed by atoms with Crippen LogP contribution in [0.4, 0.5) is 0 Å². The lowest BCUT2D eigenvalue weighted by Crippen LogP contribution is -2.28. The summed E-state index contributed by atoms with van der Waals surface area (Å²) in [6.07, 6.45) is 6.16. The largest absolute Gasteiger partial charge is 0.490 e. The van der Waals surface area contributed by atoms with E-state index in [9.17, 15) is 0 Å². The predicted octanol–water partition coefficient (Wildman–Crippen LogP) is 3.66. The first-order chi connectivity index (χ1) is 8.29. The maximum absolute atomic E-state index is 6.02. The minimum Gasteiger partial charge on any atom is -0.490 e. The van der Waals surface area contributed by atoms with Crippen molar-refractivity contribution in [3.05, 3.63) is 23.0 Å². The van der Waals surface area contributed by atoms with Gasteiger partial charge in [-0.05, 0) is 37.4 Å². The molecular formula is C13H21Cl3N2O. The molecule has 19 heavy (non-hydrogen) atoms. The summed E-state index contributed by atoms with van der Waals surface area (Å²) < 4.78 is 5.75. The lowest BCUT2D eigenvalue weighted by molar-refractivity contribution is 0.276. The van der Waals surface area contributed by atoms with Crippen molar-refractivity contribution in [3.8, 4) is 5.75 Å². The van der Waals surface area contributed by atoms with Gasteiger partial charge in [0.1, 0.15) is 17.5 Å². The molecule has 1 aromatic rings. The maximum atomic E-state index is 6.02. The fraction of sp³-hybridized carbons (Fsp3) is 0.615. The van der Waals surface area contributed by atoms with Crippen molar-refractivity contribution in [2.24, 2.45) is 0 Å². The Balaban J connectivity index is 0.00000162. The highest BCUT2D eigenvalue weighted by Crippen LogP contribution is 2.21. The van der Waals surface area contributed by atoms with Crippen LogP contribution in [0.1, 0.15) is 31.7 Å². The third-order valence-corrected chi connectivity index (χ3v) is 3.36. The number of nitrogens with zero attached hydrogens (tertiary/aromatic N) is 1. The van der Waals surface area contributed by atoms with Crippen LogP contribution in [0.2, 0.25) is 5.15 Å². The molecule has 0 amide bonds. The Morgan fingerprint density at radius 2 is 2.26 bits per heavy atom. The quantitative estimate of drug-likeness (QED) is 0.838. The van der Waals surface area contributed by atoms with E-state index in [2.05, 4.69) is 17.2 Å². The third-order valence-electron chi connectivity index (χ3n) is 3.02. The molecule has 0 spiro atoms. The molecule has 0 aromatic carbocycles. The highest BCUT2D eigenvalue weighted by molar-refractivity contribution is 6.30. The van der Waals surface area contributed by atoms with E-state index >= 15 is 0 Å². The number of hydrogen-bond donors (Lipinski definition) is 1. The average Bonchev–Trinajstić information content (AvgIpc) is 2.83. The van der Waals surface area contributed by atoms with Crippen molar-refractivity contribution in [1.29, 1.82) is 0 Å². The van der Waals surface area contributed by atoms with Gasteiger partial charge in [-0.1, -0.05) is 24.9 Å². The molecule has 0 bridgehead atoms. The summed E-state index contributed by atoms with van der Waals surface area (Å²) in [5, 5.41) is 4.00. The maximum Gasteiger partial charge on any atom is 0.138 e. The standard InChI is InChI=1S/C13H19ClN2O.2ClH/c1-2-4-10-7-12(8-16-13(10)14)17-9-11-5-3-6-15-11;;/h7-8,11,15H,2-6,9H2,1H3;2*1H/t11-;;/m0../s1. The first-order valence-electron chi connectivity index (χ1n) is 6.30. The van der Waals surface area contributed by atoms with E-state index in [0.717, 1.165) is 37.3 Å². The number of aromatic nitrogens is 1. The topological polar surface area (TPSA) is 34.1 Å². The minimum atomic E-state index is 0. The van der Waals surface area contributed by atoms with Crippen LogP contribution in [0.15, 0.2) is 12.3 Å². The highest BCUT2D eigenvalue weighted by atomic mass is 35.5. The summed E-state index contributed by atoms with van der Waals surface area (Å²) in [6.45, 7) is 3.95. The Morgan fingerprint density at radius 1 is 1.47 bits per heavy atom. The van der Waals surface area contributed by atoms with E-state index in [0.29, 0.717) is 11.2 Å². The fourth-order valence-corrected chi connectivity index (χ4v) is 2.29. The molecule has 1 fully saturated rings. The van der Waals surface area contributed by atoms with E-state index in [4.69, 9.17) is 16.3 Å². The van der Waals surface area contributed by atoms with Crippen molar-refractivity contribution in [2.75, 3.05) is 13.2 Å². The molecule has 110 valence electrons. The van der Waals surface area contributed by atoms with Gasteiger partial charge >= 0.3 is 0 Å². The zero-order valence-electron chi connectivity index (χ0n) is 11.0. The third kappa shape index (κ3) is 5.74. The van der Waals surface area contributed by atoms with Crippen LogP contribution >= 0.6 is 36.4 Å². The van der Waals surface area contributed by atoms with E-state index in [1.165, 1.54) is 12.8 Å². The van der Waals surface area contributed by atoms with Gasteiger partial charge in [0.2, 0.25) is 0 Å². The van der Waals surface area contributed by atoms with Crippen molar-refractivity contribution >= 4 is 36.4 Å². The van der Waals surface area contributed by atoms with Gasteiger partial charge in [0.15, 0.2) is 0 Å². The van der Waals surface area contributed by atoms with Crippen LogP contribution in [0.5, 0.6) is 5.75 Å². The molecule has 3 nitrogen and oxygen atoms in total. The van der Waals surface area contributed by atoms with Gasteiger partial charge in [0.25, 0.3) is 0 Å². The molecule has 0 saturated carbocycles. The second-order valence-corrected chi connectivity index (χ2v) is 4.83. The van der Waals surface area contributed by atoms with Crippen molar-refractivity contribution in [1.82, 2.24) is 10.3 Å². The van der Waals surface area contributed by atoms with Gasteiger partial charge in [-0.2, -0.15) is 0 Å². The van der Waals surface area contributed by atoms with Gasteiger partial charge in [0, 0.05) is 6.04 Å². The Kier molecular flexibility index (Phi) is 9.54. The molecule has 1 saturated heterocycles. The van der Waals surface area contributed by atoms with Crippen LogP contribution in [-0.2, 0) is 6.42 Å². The number of nitrogens with one attached hydrogen (secondary N) is 1. The van der Waals surface area contributed by atoms with Gasteiger partial charge in [-0.3, -0.25) is 0 Å². The molecule has 2 heterocycles. The van der Waals surface area contributed by atoms with Gasteiger partial charge < -0.3 is 10.1 Å². The first kappa shape index (κ1) is 18.8. The number of halogens is 3. The van der Waals surface area contributed by atoms with Crippen molar-refractivity contribution in [3.63, 3.8) is 0 Å². The minimum absolute atomic E-state index is 0. The van der Waals surface area contributed by atoms with Gasteiger partial charge in [-0.15, -0.1) is 24.8 Å². The smallest absolute Gasteiger partial charge is 0.138 e. The van der Waals surface area contributed by atoms with Crippen LogP contribution < -0.4 is 10.1 Å². The Hall–Kier alpha value is -0.220. The van der Waals surface area contributed by atoms with E-state index in [-0.39, 0.29) is 24.8 Å². The van der Waals surface area contributed by atoms with Crippen LogP contribution in [0.25, 0.3) is 0 Å². The molecule has 1 aliphatic rings. The summed E-state index contributed by atoms with van der Waals surface area (Å²) in [7, 11) is 0. The normalized spacial score (nSPS) is 17.5. The molecule has 0 radical (unpaired) electrons. The van der Waals surface area contributed by atoms with Gasteiger partial charge in [-0.25, -0.2) is 4.98 Å². The summed E-state index contributed by atoms with van der Waals surface area (Å²) in [4.78, 5) is 4.16. The molecule has 1 N–H and O–H groups in total. The number of ether oxygens (including phenoxy) is 1. The van der Waals surface area contributed by atoms with Crippen LogP contribution in [0.3, 0.4) is 0 Å². The molecule has 1 atom stereocenters. The number of pyridine rings is 1. The van der Waals surface area contributed by atoms with Crippen molar-refractivity contribution in [2.45, 2.75) is 38.6 Å². The van der Waals surface area contributed by atoms with E-state index in [1.807, 2.05) is 6.07 Å². The number of aryl methyl sites for hydroxylation is 1. The Morgan fingerprint density at radius 3 is 2.89 bits per heavy atom. The zero-order valence-corrected chi connectivity index (χ0v) is 13.4. The molecule has 1 aromatic heterocycles. The molecule has 0 aliphatic carbocycles. The first-order valence-corrected chi connectivity index (χ1v) is 6.68. The molecule has 1 aliphatic heterocycles. The zero-order chi connectivity index (χ0) is 12.1. The second kappa shape index (κ2) is 9.65. The lowest BCUT2D eigenvalue weighted by Gasteiger charge is -2.12. The molecule has 6 heteroatoms. The fourth-order valence-electron chi connectivity index (χ4n) is 2.09. The highest BCUT2D eigenvalue weighted by Gasteiger charge is 2.14. The summed E-state index contributed by atoms with van der Waals surface area (Å²) in [6, 6.07) is 2.49. The van der Waals surface area contributed by atoms with Gasteiger partial charge in [0.05, 0.1) is 6.20 Å². The average molecular weight is 328 g/mol. The SMILES string of the molecule is CCCc1cc(OC[C@@H]2CCCN2)cnc1Cl.Cl.Cl. The van der Waals surface area contributed by atoms with Crippen LogP contribution in [-0.4, -0.2) is 24.2 Å². The van der Waals surface area contributed by atoms with E-state index in [1.54, 1.807) is 6.20 Å². The summed E-state index contributed by atoms with van der Waals surface area (Å²) in [5.74, 6) is 0.826. The summed E-state index contributed by atoms with van der Waals surface area (Å²) in [5.41, 5.74) is 1.08. The summed E-state index contributed by atoms with van der Waals surface area (Å²) >= 11 is 6.02. The van der Waals surface area contributed by atoms with Crippen molar-refractivity contribution < 1.29 is 4.74 Å². The van der Waals surface area contributed by atoms with E-state index < -0.39 is 0 Å².